The van der Waals surface area contributed by atoms with Crippen LogP contribution in [0.4, 0.5) is 0 Å². The summed E-state index contributed by atoms with van der Waals surface area (Å²) in [5.74, 6) is 0.922. The quantitative estimate of drug-likeness (QED) is 0.614. The van der Waals surface area contributed by atoms with Crippen molar-refractivity contribution in [3.8, 4) is 0 Å². The zero-order valence-electron chi connectivity index (χ0n) is 12.6. The molecule has 1 aliphatic heterocycles. The summed E-state index contributed by atoms with van der Waals surface area (Å²) in [4.78, 5) is 2.55. The van der Waals surface area contributed by atoms with Gasteiger partial charge in [-0.25, -0.2) is 0 Å². The lowest BCUT2D eigenvalue weighted by Crippen LogP contribution is -2.43. The molecule has 0 radical (unpaired) electrons. The molecule has 1 saturated heterocycles. The predicted octanol–water partition coefficient (Wildman–Crippen LogP) is 1.85. The van der Waals surface area contributed by atoms with E-state index in [1.54, 1.807) is 0 Å². The summed E-state index contributed by atoms with van der Waals surface area (Å²) in [6, 6.07) is 0.669. The second-order valence-corrected chi connectivity index (χ2v) is 5.80. The molecule has 0 amide bonds. The minimum Gasteiger partial charge on any atom is -0.352 e. The minimum atomic E-state index is -0.0600. The Morgan fingerprint density at radius 2 is 1.84 bits per heavy atom. The molecule has 0 aromatic rings. The summed E-state index contributed by atoms with van der Waals surface area (Å²) >= 11 is 0. The number of nitrogens with zero attached hydrogens (tertiary/aromatic N) is 1. The summed E-state index contributed by atoms with van der Waals surface area (Å²) in [6.45, 7) is 9.99. The molecule has 2 fully saturated rings. The molecule has 0 aromatic heterocycles. The van der Waals surface area contributed by atoms with Gasteiger partial charge in [0.15, 0.2) is 6.29 Å². The van der Waals surface area contributed by atoms with E-state index in [2.05, 4.69) is 10.2 Å². The average molecular weight is 270 g/mol. The van der Waals surface area contributed by atoms with Crippen LogP contribution in [-0.4, -0.2) is 56.6 Å². The van der Waals surface area contributed by atoms with Gasteiger partial charge in [0, 0.05) is 38.9 Å². The SMILES string of the molecule is CCOC(CN(CC1CC1)CC1CCCN1)OCC. The minimum absolute atomic E-state index is 0.0600. The van der Waals surface area contributed by atoms with E-state index in [9.17, 15) is 0 Å². The first-order valence-corrected chi connectivity index (χ1v) is 8.00. The van der Waals surface area contributed by atoms with Gasteiger partial charge in [-0.2, -0.15) is 0 Å². The van der Waals surface area contributed by atoms with Crippen molar-refractivity contribution in [3.05, 3.63) is 0 Å². The third-order valence-electron chi connectivity index (χ3n) is 3.97. The fourth-order valence-corrected chi connectivity index (χ4v) is 2.85. The summed E-state index contributed by atoms with van der Waals surface area (Å²) in [7, 11) is 0. The molecule has 1 atom stereocenters. The van der Waals surface area contributed by atoms with Gasteiger partial charge in [-0.1, -0.05) is 0 Å². The van der Waals surface area contributed by atoms with Crippen molar-refractivity contribution in [3.63, 3.8) is 0 Å². The normalized spacial score (nSPS) is 23.7. The highest BCUT2D eigenvalue weighted by atomic mass is 16.7. The van der Waals surface area contributed by atoms with Crippen molar-refractivity contribution >= 4 is 0 Å². The number of nitrogens with one attached hydrogen (secondary N) is 1. The van der Waals surface area contributed by atoms with Crippen LogP contribution < -0.4 is 5.32 Å². The third-order valence-corrected chi connectivity index (χ3v) is 3.97. The van der Waals surface area contributed by atoms with E-state index in [4.69, 9.17) is 9.47 Å². The molecule has 1 aliphatic carbocycles. The second-order valence-electron chi connectivity index (χ2n) is 5.80. The average Bonchev–Trinajstić information content (AvgIpc) is 3.04. The Hall–Kier alpha value is -0.160. The van der Waals surface area contributed by atoms with Crippen LogP contribution >= 0.6 is 0 Å². The Bertz CT molecular complexity index is 234. The first-order valence-electron chi connectivity index (χ1n) is 8.00. The van der Waals surface area contributed by atoms with Gasteiger partial charge in [0.1, 0.15) is 0 Å². The van der Waals surface area contributed by atoms with Gasteiger partial charge in [0.2, 0.25) is 0 Å². The van der Waals surface area contributed by atoms with Crippen molar-refractivity contribution in [1.29, 1.82) is 0 Å². The first-order chi connectivity index (χ1) is 9.31. The molecule has 0 aromatic carbocycles. The maximum atomic E-state index is 5.70. The van der Waals surface area contributed by atoms with E-state index in [-0.39, 0.29) is 6.29 Å². The van der Waals surface area contributed by atoms with Crippen molar-refractivity contribution in [2.75, 3.05) is 39.4 Å². The molecule has 0 bridgehead atoms. The van der Waals surface area contributed by atoms with Crippen LogP contribution in [0, 0.1) is 5.92 Å². The van der Waals surface area contributed by atoms with Gasteiger partial charge in [0.25, 0.3) is 0 Å². The molecule has 112 valence electrons. The topological polar surface area (TPSA) is 33.7 Å². The Morgan fingerprint density at radius 1 is 1.11 bits per heavy atom. The summed E-state index contributed by atoms with van der Waals surface area (Å²) in [6.07, 6.45) is 5.39. The van der Waals surface area contributed by atoms with Crippen molar-refractivity contribution in [2.24, 2.45) is 5.92 Å². The maximum Gasteiger partial charge on any atom is 0.170 e. The Balaban J connectivity index is 1.79. The lowest BCUT2D eigenvalue weighted by molar-refractivity contribution is -0.147. The summed E-state index contributed by atoms with van der Waals surface area (Å²) in [5, 5.41) is 3.59. The van der Waals surface area contributed by atoms with Gasteiger partial charge in [-0.05, 0) is 52.0 Å². The van der Waals surface area contributed by atoms with E-state index >= 15 is 0 Å². The monoisotopic (exact) mass is 270 g/mol. The Kier molecular flexibility index (Phi) is 6.57. The van der Waals surface area contributed by atoms with Crippen LogP contribution in [0.25, 0.3) is 0 Å². The standard InChI is InChI=1S/C15H30N2O2/c1-3-18-15(19-4-2)12-17(10-13-7-8-13)11-14-6-5-9-16-14/h13-16H,3-12H2,1-2H3. The predicted molar refractivity (Wildman–Crippen MR) is 77.2 cm³/mol. The summed E-state index contributed by atoms with van der Waals surface area (Å²) in [5.41, 5.74) is 0. The molecule has 2 rings (SSSR count). The molecule has 1 saturated carbocycles. The highest BCUT2D eigenvalue weighted by molar-refractivity contribution is 4.82. The number of ether oxygens (including phenoxy) is 2. The fourth-order valence-electron chi connectivity index (χ4n) is 2.85. The molecule has 0 spiro atoms. The zero-order valence-corrected chi connectivity index (χ0v) is 12.6. The maximum absolute atomic E-state index is 5.70. The van der Waals surface area contributed by atoms with E-state index in [0.717, 1.165) is 32.2 Å². The van der Waals surface area contributed by atoms with Gasteiger partial charge in [-0.15, -0.1) is 0 Å². The van der Waals surface area contributed by atoms with E-state index in [0.29, 0.717) is 6.04 Å². The second kappa shape index (κ2) is 8.20. The van der Waals surface area contributed by atoms with Gasteiger partial charge >= 0.3 is 0 Å². The summed E-state index contributed by atoms with van der Waals surface area (Å²) < 4.78 is 11.4. The number of hydrogen-bond donors (Lipinski definition) is 1. The van der Waals surface area contributed by atoms with Crippen molar-refractivity contribution in [1.82, 2.24) is 10.2 Å². The molecule has 19 heavy (non-hydrogen) atoms. The molecular weight excluding hydrogens is 240 g/mol. The smallest absolute Gasteiger partial charge is 0.170 e. The zero-order chi connectivity index (χ0) is 13.5. The lowest BCUT2D eigenvalue weighted by Gasteiger charge is -2.29. The van der Waals surface area contributed by atoms with Crippen molar-refractivity contribution < 1.29 is 9.47 Å². The molecule has 4 nitrogen and oxygen atoms in total. The van der Waals surface area contributed by atoms with E-state index in [1.165, 1.54) is 38.8 Å². The van der Waals surface area contributed by atoms with Gasteiger partial charge < -0.3 is 14.8 Å². The molecule has 1 N–H and O–H groups in total. The van der Waals surface area contributed by atoms with E-state index < -0.39 is 0 Å². The lowest BCUT2D eigenvalue weighted by atomic mass is 10.2. The molecular formula is C15H30N2O2. The fraction of sp³-hybridized carbons (Fsp3) is 1.00. The third kappa shape index (κ3) is 5.78. The van der Waals surface area contributed by atoms with Crippen molar-refractivity contribution in [2.45, 2.75) is 51.9 Å². The molecule has 1 heterocycles. The van der Waals surface area contributed by atoms with Crippen LogP contribution in [0.5, 0.6) is 0 Å². The van der Waals surface area contributed by atoms with Crippen LogP contribution in [-0.2, 0) is 9.47 Å². The molecule has 2 aliphatic rings. The van der Waals surface area contributed by atoms with E-state index in [1.807, 2.05) is 13.8 Å². The Morgan fingerprint density at radius 3 is 2.37 bits per heavy atom. The highest BCUT2D eigenvalue weighted by Gasteiger charge is 2.28. The van der Waals surface area contributed by atoms with Crippen LogP contribution in [0.15, 0.2) is 0 Å². The number of hydrogen-bond acceptors (Lipinski definition) is 4. The largest absolute Gasteiger partial charge is 0.352 e. The number of rotatable bonds is 10. The van der Waals surface area contributed by atoms with Gasteiger partial charge in [-0.3, -0.25) is 4.90 Å². The van der Waals surface area contributed by atoms with Crippen LogP contribution in [0.3, 0.4) is 0 Å². The molecule has 4 heteroatoms. The molecule has 1 unspecified atom stereocenters. The Labute approximate surface area is 117 Å². The van der Waals surface area contributed by atoms with Crippen LogP contribution in [0.2, 0.25) is 0 Å². The highest BCUT2D eigenvalue weighted by Crippen LogP contribution is 2.30. The first kappa shape index (κ1) is 15.2. The van der Waals surface area contributed by atoms with Crippen LogP contribution in [0.1, 0.15) is 39.5 Å². The van der Waals surface area contributed by atoms with Gasteiger partial charge in [0.05, 0.1) is 0 Å².